The first-order valence-electron chi connectivity index (χ1n) is 4.03. The zero-order valence-electron chi connectivity index (χ0n) is 7.78. The van der Waals surface area contributed by atoms with Gasteiger partial charge in [-0.1, -0.05) is 0 Å². The van der Waals surface area contributed by atoms with E-state index in [-0.39, 0.29) is 5.11 Å². The van der Waals surface area contributed by atoms with Crippen LogP contribution in [0.1, 0.15) is 6.42 Å². The number of ether oxygens (including phenoxy) is 1. The van der Waals surface area contributed by atoms with Crippen molar-refractivity contribution < 1.29 is 17.9 Å². The highest BCUT2D eigenvalue weighted by Gasteiger charge is 2.26. The Balaban J connectivity index is 3.38. The van der Waals surface area contributed by atoms with Crippen LogP contribution in [0.2, 0.25) is 0 Å². The second-order valence-corrected chi connectivity index (χ2v) is 2.98. The monoisotopic (exact) mass is 230 g/mol. The van der Waals surface area contributed by atoms with Gasteiger partial charge in [-0.05, 0) is 18.6 Å². The van der Waals surface area contributed by atoms with E-state index < -0.39 is 12.7 Å². The van der Waals surface area contributed by atoms with Crippen LogP contribution in [0, 0.1) is 0 Å². The molecule has 0 radical (unpaired) electrons. The fraction of sp³-hybridized carbons (Fsp3) is 0.857. The van der Waals surface area contributed by atoms with Crippen molar-refractivity contribution in [1.82, 2.24) is 10.6 Å². The molecular weight excluding hydrogens is 217 g/mol. The summed E-state index contributed by atoms with van der Waals surface area (Å²) in [6.45, 7) is -0.0600. The summed E-state index contributed by atoms with van der Waals surface area (Å²) in [6, 6.07) is 0. The van der Waals surface area contributed by atoms with Gasteiger partial charge in [0.05, 0.1) is 0 Å². The van der Waals surface area contributed by atoms with Crippen LogP contribution in [0.25, 0.3) is 0 Å². The summed E-state index contributed by atoms with van der Waals surface area (Å²) < 4.78 is 39.8. The molecule has 0 spiro atoms. The minimum absolute atomic E-state index is 0.0124. The van der Waals surface area contributed by atoms with E-state index in [1.54, 1.807) is 7.11 Å². The van der Waals surface area contributed by atoms with E-state index in [1.165, 1.54) is 0 Å². The molecular formula is C7H13F3N2OS. The first-order valence-corrected chi connectivity index (χ1v) is 4.44. The average molecular weight is 230 g/mol. The smallest absolute Gasteiger partial charge is 0.385 e. The molecule has 3 nitrogen and oxygen atoms in total. The van der Waals surface area contributed by atoms with Crippen LogP contribution in [0.4, 0.5) is 13.2 Å². The second-order valence-electron chi connectivity index (χ2n) is 2.57. The standard InChI is InChI=1S/C7H13F3N2OS/c1-13-4-2-3-11-6(14)12-5-7(8,9)10/h2-5H2,1H3,(H2,11,12,14). The maximum atomic E-state index is 11.7. The highest BCUT2D eigenvalue weighted by Crippen LogP contribution is 2.11. The van der Waals surface area contributed by atoms with Crippen molar-refractivity contribution in [2.45, 2.75) is 12.6 Å². The van der Waals surface area contributed by atoms with Crippen LogP contribution in [-0.4, -0.2) is 38.1 Å². The molecule has 0 aliphatic carbocycles. The van der Waals surface area contributed by atoms with E-state index in [9.17, 15) is 13.2 Å². The number of rotatable bonds is 5. The molecule has 84 valence electrons. The van der Waals surface area contributed by atoms with Crippen LogP contribution in [0.5, 0.6) is 0 Å². The molecule has 0 heterocycles. The lowest BCUT2D eigenvalue weighted by Gasteiger charge is -2.11. The Morgan fingerprint density at radius 2 is 2.00 bits per heavy atom. The maximum absolute atomic E-state index is 11.7. The van der Waals surface area contributed by atoms with E-state index in [0.717, 1.165) is 0 Å². The van der Waals surface area contributed by atoms with Crippen molar-refractivity contribution >= 4 is 17.3 Å². The SMILES string of the molecule is COCCCNC(=S)NCC(F)(F)F. The van der Waals surface area contributed by atoms with Crippen molar-refractivity contribution in [1.29, 1.82) is 0 Å². The molecule has 0 atom stereocenters. The van der Waals surface area contributed by atoms with Gasteiger partial charge in [-0.2, -0.15) is 13.2 Å². The Morgan fingerprint density at radius 3 is 2.50 bits per heavy atom. The van der Waals surface area contributed by atoms with E-state index in [0.29, 0.717) is 19.6 Å². The fourth-order valence-electron chi connectivity index (χ4n) is 0.661. The van der Waals surface area contributed by atoms with Crippen LogP contribution in [-0.2, 0) is 4.74 Å². The zero-order valence-corrected chi connectivity index (χ0v) is 8.60. The first-order chi connectivity index (χ1) is 6.45. The van der Waals surface area contributed by atoms with Crippen molar-refractivity contribution in [3.63, 3.8) is 0 Å². The van der Waals surface area contributed by atoms with Gasteiger partial charge < -0.3 is 15.4 Å². The lowest BCUT2D eigenvalue weighted by molar-refractivity contribution is -0.122. The summed E-state index contributed by atoms with van der Waals surface area (Å²) in [7, 11) is 1.56. The fourth-order valence-corrected chi connectivity index (χ4v) is 0.836. The molecule has 0 amide bonds. The van der Waals surface area contributed by atoms with Gasteiger partial charge in [0.1, 0.15) is 6.54 Å². The second kappa shape index (κ2) is 6.83. The molecule has 7 heteroatoms. The molecule has 0 unspecified atom stereocenters. The van der Waals surface area contributed by atoms with E-state index >= 15 is 0 Å². The summed E-state index contributed by atoms with van der Waals surface area (Å²) >= 11 is 4.61. The number of nitrogens with one attached hydrogen (secondary N) is 2. The number of hydrogen-bond donors (Lipinski definition) is 2. The third kappa shape index (κ3) is 9.53. The van der Waals surface area contributed by atoms with Gasteiger partial charge in [0, 0.05) is 20.3 Å². The van der Waals surface area contributed by atoms with Gasteiger partial charge >= 0.3 is 6.18 Å². The van der Waals surface area contributed by atoms with Crippen molar-refractivity contribution in [2.24, 2.45) is 0 Å². The van der Waals surface area contributed by atoms with Gasteiger partial charge in [0.2, 0.25) is 0 Å². The largest absolute Gasteiger partial charge is 0.405 e. The molecule has 0 bridgehead atoms. The Kier molecular flexibility index (Phi) is 6.56. The summed E-state index contributed by atoms with van der Waals surface area (Å²) in [5, 5.41) is 4.70. The zero-order chi connectivity index (χ0) is 11.0. The van der Waals surface area contributed by atoms with Gasteiger partial charge in [0.25, 0.3) is 0 Å². The Bertz CT molecular complexity index is 175. The molecule has 0 fully saturated rings. The number of alkyl halides is 3. The Labute approximate surface area is 86.0 Å². The van der Waals surface area contributed by atoms with Crippen LogP contribution < -0.4 is 10.6 Å². The van der Waals surface area contributed by atoms with E-state index in [1.807, 2.05) is 0 Å². The van der Waals surface area contributed by atoms with E-state index in [2.05, 4.69) is 22.9 Å². The summed E-state index contributed by atoms with van der Waals surface area (Å²) in [4.78, 5) is 0. The Morgan fingerprint density at radius 1 is 1.36 bits per heavy atom. The molecule has 0 aliphatic rings. The van der Waals surface area contributed by atoms with Gasteiger partial charge in [0.15, 0.2) is 5.11 Å². The molecule has 0 aromatic carbocycles. The molecule has 0 saturated heterocycles. The van der Waals surface area contributed by atoms with Crippen molar-refractivity contribution in [3.8, 4) is 0 Å². The predicted octanol–water partition coefficient (Wildman–Crippen LogP) is 1.05. The molecule has 0 rings (SSSR count). The van der Waals surface area contributed by atoms with Crippen molar-refractivity contribution in [2.75, 3.05) is 26.8 Å². The molecule has 0 saturated carbocycles. The van der Waals surface area contributed by atoms with Gasteiger partial charge in [-0.25, -0.2) is 0 Å². The highest BCUT2D eigenvalue weighted by atomic mass is 32.1. The molecule has 2 N–H and O–H groups in total. The normalized spacial score (nSPS) is 11.1. The first kappa shape index (κ1) is 13.4. The third-order valence-corrected chi connectivity index (χ3v) is 1.55. The molecule has 14 heavy (non-hydrogen) atoms. The molecule has 0 aromatic rings. The summed E-state index contributed by atoms with van der Waals surface area (Å²) in [6.07, 6.45) is -3.54. The van der Waals surface area contributed by atoms with Crippen molar-refractivity contribution in [3.05, 3.63) is 0 Å². The number of methoxy groups -OCH3 is 1. The number of hydrogen-bond acceptors (Lipinski definition) is 2. The third-order valence-electron chi connectivity index (χ3n) is 1.26. The lowest BCUT2D eigenvalue weighted by Crippen LogP contribution is -2.41. The van der Waals surface area contributed by atoms with Crippen LogP contribution in [0.15, 0.2) is 0 Å². The minimum Gasteiger partial charge on any atom is -0.385 e. The number of halogens is 3. The quantitative estimate of drug-likeness (QED) is 0.546. The maximum Gasteiger partial charge on any atom is 0.405 e. The Hall–Kier alpha value is -0.560. The predicted molar refractivity (Wildman–Crippen MR) is 51.2 cm³/mol. The topological polar surface area (TPSA) is 33.3 Å². The lowest BCUT2D eigenvalue weighted by atomic mass is 10.4. The molecule has 0 aliphatic heterocycles. The molecule has 0 aromatic heterocycles. The van der Waals surface area contributed by atoms with Crippen LogP contribution in [0.3, 0.4) is 0 Å². The van der Waals surface area contributed by atoms with Crippen LogP contribution >= 0.6 is 12.2 Å². The van der Waals surface area contributed by atoms with Gasteiger partial charge in [-0.3, -0.25) is 0 Å². The summed E-state index contributed by atoms with van der Waals surface area (Å²) in [5.41, 5.74) is 0. The van der Waals surface area contributed by atoms with E-state index in [4.69, 9.17) is 4.74 Å². The summed E-state index contributed by atoms with van der Waals surface area (Å²) in [5.74, 6) is 0. The highest BCUT2D eigenvalue weighted by molar-refractivity contribution is 7.80. The minimum atomic E-state index is -4.24. The average Bonchev–Trinajstić information content (AvgIpc) is 2.08. The number of thiocarbonyl (C=S) groups is 1. The van der Waals surface area contributed by atoms with Gasteiger partial charge in [-0.15, -0.1) is 0 Å².